The van der Waals surface area contributed by atoms with E-state index < -0.39 is 0 Å². The summed E-state index contributed by atoms with van der Waals surface area (Å²) >= 11 is 0. The van der Waals surface area contributed by atoms with Crippen LogP contribution in [0.3, 0.4) is 0 Å². The fourth-order valence-corrected chi connectivity index (χ4v) is 2.32. The summed E-state index contributed by atoms with van der Waals surface area (Å²) in [5.74, 6) is 1.18. The van der Waals surface area contributed by atoms with Crippen LogP contribution < -0.4 is 16.0 Å². The van der Waals surface area contributed by atoms with Crippen molar-refractivity contribution in [2.45, 2.75) is 39.8 Å². The first-order valence-corrected chi connectivity index (χ1v) is 8.46. The van der Waals surface area contributed by atoms with Crippen molar-refractivity contribution >= 4 is 36.0 Å². The van der Waals surface area contributed by atoms with Gasteiger partial charge >= 0.3 is 6.09 Å². The molecule has 0 spiro atoms. The summed E-state index contributed by atoms with van der Waals surface area (Å²) in [6, 6.07) is 10.1. The maximum absolute atomic E-state index is 11.7. The normalized spacial score (nSPS) is 12.1. The fraction of sp³-hybridized carbons (Fsp3) is 0.556. The van der Waals surface area contributed by atoms with Gasteiger partial charge in [0.05, 0.1) is 6.61 Å². The third kappa shape index (κ3) is 10.9. The number of nitrogens with one attached hydrogen (secondary N) is 3. The second-order valence-corrected chi connectivity index (χ2v) is 5.98. The molecule has 0 aliphatic heterocycles. The molecule has 142 valence electrons. The summed E-state index contributed by atoms with van der Waals surface area (Å²) in [6.45, 7) is 7.70. The van der Waals surface area contributed by atoms with Gasteiger partial charge < -0.3 is 20.7 Å². The van der Waals surface area contributed by atoms with E-state index in [4.69, 9.17) is 4.74 Å². The van der Waals surface area contributed by atoms with E-state index >= 15 is 0 Å². The van der Waals surface area contributed by atoms with Gasteiger partial charge in [0.25, 0.3) is 0 Å². The first-order chi connectivity index (χ1) is 11.5. The molecule has 0 saturated heterocycles. The summed E-state index contributed by atoms with van der Waals surface area (Å²) in [7, 11) is 1.73. The van der Waals surface area contributed by atoms with Gasteiger partial charge in [0, 0.05) is 26.2 Å². The van der Waals surface area contributed by atoms with Gasteiger partial charge in [-0.25, -0.2) is 4.79 Å². The summed E-state index contributed by atoms with van der Waals surface area (Å²) in [5.41, 5.74) is 1.18. The Hall–Kier alpha value is -1.51. The summed E-state index contributed by atoms with van der Waals surface area (Å²) < 4.78 is 4.97. The number of guanidine groups is 1. The molecule has 0 heterocycles. The predicted molar refractivity (Wildman–Crippen MR) is 113 cm³/mol. The number of rotatable bonds is 8. The molecule has 7 heteroatoms. The molecule has 3 N–H and O–H groups in total. The van der Waals surface area contributed by atoms with E-state index in [0.717, 1.165) is 6.42 Å². The summed E-state index contributed by atoms with van der Waals surface area (Å²) in [5, 5.41) is 9.43. The van der Waals surface area contributed by atoms with Crippen molar-refractivity contribution in [1.29, 1.82) is 0 Å². The van der Waals surface area contributed by atoms with E-state index in [1.165, 1.54) is 5.56 Å². The third-order valence-electron chi connectivity index (χ3n) is 3.40. The molecule has 25 heavy (non-hydrogen) atoms. The lowest BCUT2D eigenvalue weighted by Crippen LogP contribution is -2.47. The van der Waals surface area contributed by atoms with Gasteiger partial charge in [-0.05, 0) is 24.8 Å². The van der Waals surface area contributed by atoms with Crippen LogP contribution >= 0.6 is 24.0 Å². The molecule has 1 aromatic carbocycles. The van der Waals surface area contributed by atoms with Gasteiger partial charge in [-0.15, -0.1) is 24.0 Å². The van der Waals surface area contributed by atoms with Crippen LogP contribution in [0.4, 0.5) is 4.79 Å². The van der Waals surface area contributed by atoms with Gasteiger partial charge in [-0.3, -0.25) is 4.99 Å². The van der Waals surface area contributed by atoms with Crippen molar-refractivity contribution < 1.29 is 9.53 Å². The predicted octanol–water partition coefficient (Wildman–Crippen LogP) is 3.13. The number of alkyl carbamates (subject to hydrolysis) is 1. The second kappa shape index (κ2) is 13.7. The van der Waals surface area contributed by atoms with E-state index in [9.17, 15) is 4.79 Å². The van der Waals surface area contributed by atoms with E-state index in [0.29, 0.717) is 31.6 Å². The van der Waals surface area contributed by atoms with Crippen LogP contribution in [-0.4, -0.2) is 38.3 Å². The zero-order valence-electron chi connectivity index (χ0n) is 15.5. The lowest BCUT2D eigenvalue weighted by atomic mass is 10.0. The molecule has 1 aromatic rings. The molecule has 1 atom stereocenters. The number of hydrogen-bond donors (Lipinski definition) is 3. The van der Waals surface area contributed by atoms with Gasteiger partial charge in [-0.1, -0.05) is 44.2 Å². The summed E-state index contributed by atoms with van der Waals surface area (Å²) in [6.07, 6.45) is 0.485. The Morgan fingerprint density at radius 2 is 1.88 bits per heavy atom. The van der Waals surface area contributed by atoms with Crippen LogP contribution in [0.15, 0.2) is 35.3 Å². The molecule has 0 radical (unpaired) electrons. The molecule has 1 rings (SSSR count). The topological polar surface area (TPSA) is 74.8 Å². The van der Waals surface area contributed by atoms with Crippen LogP contribution in [-0.2, 0) is 11.3 Å². The highest BCUT2D eigenvalue weighted by Crippen LogP contribution is 2.04. The molecule has 6 nitrogen and oxygen atoms in total. The van der Waals surface area contributed by atoms with Gasteiger partial charge in [0.15, 0.2) is 5.96 Å². The van der Waals surface area contributed by atoms with Crippen molar-refractivity contribution in [3.63, 3.8) is 0 Å². The maximum atomic E-state index is 11.7. The minimum atomic E-state index is -0.378. The molecular weight excluding hydrogens is 431 g/mol. The molecule has 0 fully saturated rings. The van der Waals surface area contributed by atoms with Crippen molar-refractivity contribution in [3.8, 4) is 0 Å². The number of aliphatic imine (C=N–C) groups is 1. The number of ether oxygens (including phenoxy) is 1. The number of halogens is 1. The highest BCUT2D eigenvalue weighted by atomic mass is 127. The van der Waals surface area contributed by atoms with E-state index in [2.05, 4.69) is 46.9 Å². The number of hydrogen-bond acceptors (Lipinski definition) is 3. The van der Waals surface area contributed by atoms with E-state index in [1.54, 1.807) is 14.0 Å². The van der Waals surface area contributed by atoms with Crippen molar-refractivity contribution in [2.24, 2.45) is 10.9 Å². The minimum Gasteiger partial charge on any atom is -0.450 e. The van der Waals surface area contributed by atoms with Crippen LogP contribution in [0.2, 0.25) is 0 Å². The first-order valence-electron chi connectivity index (χ1n) is 8.46. The Labute approximate surface area is 168 Å². The van der Waals surface area contributed by atoms with E-state index in [1.807, 2.05) is 18.2 Å². The smallest absolute Gasteiger partial charge is 0.407 e. The Morgan fingerprint density at radius 3 is 2.44 bits per heavy atom. The number of nitrogens with zero attached hydrogens (tertiary/aromatic N) is 1. The maximum Gasteiger partial charge on any atom is 0.407 e. The average molecular weight is 462 g/mol. The number of carbonyl (C=O) groups excluding carboxylic acids is 1. The Morgan fingerprint density at radius 1 is 1.20 bits per heavy atom. The summed E-state index contributed by atoms with van der Waals surface area (Å²) in [4.78, 5) is 15.9. The zero-order chi connectivity index (χ0) is 17.8. The van der Waals surface area contributed by atoms with Crippen molar-refractivity contribution in [2.75, 3.05) is 20.2 Å². The molecule has 0 aromatic heterocycles. The van der Waals surface area contributed by atoms with Crippen LogP contribution in [0.1, 0.15) is 32.8 Å². The van der Waals surface area contributed by atoms with E-state index in [-0.39, 0.29) is 36.1 Å². The number of benzene rings is 1. The second-order valence-electron chi connectivity index (χ2n) is 5.98. The highest BCUT2D eigenvalue weighted by molar-refractivity contribution is 14.0. The third-order valence-corrected chi connectivity index (χ3v) is 3.40. The molecule has 0 aliphatic carbocycles. The van der Waals surface area contributed by atoms with Crippen molar-refractivity contribution in [1.82, 2.24) is 16.0 Å². The van der Waals surface area contributed by atoms with Crippen molar-refractivity contribution in [3.05, 3.63) is 35.9 Å². The van der Waals surface area contributed by atoms with Crippen LogP contribution in [0.5, 0.6) is 0 Å². The zero-order valence-corrected chi connectivity index (χ0v) is 17.9. The fourth-order valence-electron chi connectivity index (χ4n) is 2.32. The molecule has 0 bridgehead atoms. The highest BCUT2D eigenvalue weighted by Gasteiger charge is 2.15. The molecular formula is C18H31IN4O2. The van der Waals surface area contributed by atoms with Gasteiger partial charge in [-0.2, -0.15) is 0 Å². The Bertz CT molecular complexity index is 509. The monoisotopic (exact) mass is 462 g/mol. The van der Waals surface area contributed by atoms with Crippen LogP contribution in [0, 0.1) is 5.92 Å². The molecule has 0 saturated carbocycles. The minimum absolute atomic E-state index is 0. The molecule has 1 amide bonds. The largest absolute Gasteiger partial charge is 0.450 e. The van der Waals surface area contributed by atoms with Gasteiger partial charge in [0.1, 0.15) is 0 Å². The standard InChI is InChI=1S/C18H30N4O2.HI/c1-5-24-18(23)22-16(11-14(2)3)13-21-17(19-4)20-12-15-9-7-6-8-10-15;/h6-10,14,16H,5,11-13H2,1-4H3,(H,22,23)(H2,19,20,21);1H. The lowest BCUT2D eigenvalue weighted by Gasteiger charge is -2.22. The first kappa shape index (κ1) is 23.5. The molecule has 1 unspecified atom stereocenters. The average Bonchev–Trinajstić information content (AvgIpc) is 2.55. The van der Waals surface area contributed by atoms with Crippen LogP contribution in [0.25, 0.3) is 0 Å². The number of amides is 1. The SMILES string of the molecule is CCOC(=O)NC(CNC(=NC)NCc1ccccc1)CC(C)C.I. The Kier molecular flexibility index (Phi) is 12.9. The quantitative estimate of drug-likeness (QED) is 0.315. The number of carbonyl (C=O) groups is 1. The Balaban J connectivity index is 0.00000576. The van der Waals surface area contributed by atoms with Gasteiger partial charge in [0.2, 0.25) is 0 Å². The molecule has 0 aliphatic rings. The lowest BCUT2D eigenvalue weighted by molar-refractivity contribution is 0.146.